The Labute approximate surface area is 126 Å². The van der Waals surface area contributed by atoms with Crippen molar-refractivity contribution in [1.82, 2.24) is 10.2 Å². The number of nitrogens with one attached hydrogen (secondary N) is 1. The van der Waals surface area contributed by atoms with Crippen LogP contribution < -0.4 is 5.32 Å². The van der Waals surface area contributed by atoms with Crippen molar-refractivity contribution in [3.63, 3.8) is 0 Å². The summed E-state index contributed by atoms with van der Waals surface area (Å²) < 4.78 is 0. The predicted octanol–water partition coefficient (Wildman–Crippen LogP) is 2.87. The second-order valence-electron chi connectivity index (χ2n) is 5.42. The standard InChI is InChI=1S/C16H23ClN2O/c17-15-7-5-14(6-8-15)9-10-18-16(20)13-19-11-3-1-2-4-12-19/h5-8H,1-4,9-13H2,(H,18,20). The van der Waals surface area contributed by atoms with E-state index in [0.717, 1.165) is 24.5 Å². The number of carbonyl (C=O) groups is 1. The molecule has 2 rings (SSSR count). The van der Waals surface area contributed by atoms with E-state index in [4.69, 9.17) is 11.6 Å². The van der Waals surface area contributed by atoms with Gasteiger partial charge in [0.05, 0.1) is 6.54 Å². The van der Waals surface area contributed by atoms with Gasteiger partial charge in [0.1, 0.15) is 0 Å². The van der Waals surface area contributed by atoms with Crippen LogP contribution in [0.2, 0.25) is 5.02 Å². The Bertz CT molecular complexity index is 411. The minimum atomic E-state index is 0.140. The molecule has 1 amide bonds. The lowest BCUT2D eigenvalue weighted by molar-refractivity contribution is -0.122. The number of likely N-dealkylation sites (tertiary alicyclic amines) is 1. The molecule has 0 spiro atoms. The minimum Gasteiger partial charge on any atom is -0.355 e. The van der Waals surface area contributed by atoms with E-state index in [9.17, 15) is 4.79 Å². The molecular weight excluding hydrogens is 272 g/mol. The van der Waals surface area contributed by atoms with Crippen LogP contribution in [-0.4, -0.2) is 37.0 Å². The molecule has 1 aliphatic rings. The molecule has 0 radical (unpaired) electrons. The summed E-state index contributed by atoms with van der Waals surface area (Å²) in [5.74, 6) is 0.140. The molecule has 1 fully saturated rings. The summed E-state index contributed by atoms with van der Waals surface area (Å²) in [6, 6.07) is 7.78. The molecule has 1 saturated heterocycles. The summed E-state index contributed by atoms with van der Waals surface area (Å²) in [6.45, 7) is 3.35. The average Bonchev–Trinajstić information content (AvgIpc) is 2.70. The third-order valence-corrected chi connectivity index (χ3v) is 3.97. The molecule has 3 nitrogen and oxygen atoms in total. The zero-order valence-electron chi connectivity index (χ0n) is 11.9. The number of amides is 1. The van der Waals surface area contributed by atoms with Crippen molar-refractivity contribution in [3.8, 4) is 0 Å². The Morgan fingerprint density at radius 2 is 1.75 bits per heavy atom. The lowest BCUT2D eigenvalue weighted by atomic mass is 10.1. The summed E-state index contributed by atoms with van der Waals surface area (Å²) in [6.07, 6.45) is 5.89. The molecule has 110 valence electrons. The Morgan fingerprint density at radius 1 is 1.10 bits per heavy atom. The summed E-state index contributed by atoms with van der Waals surface area (Å²) in [5.41, 5.74) is 1.20. The van der Waals surface area contributed by atoms with E-state index in [1.54, 1.807) is 0 Å². The lowest BCUT2D eigenvalue weighted by Gasteiger charge is -2.18. The maximum absolute atomic E-state index is 11.9. The van der Waals surface area contributed by atoms with Crippen molar-refractivity contribution in [1.29, 1.82) is 0 Å². The van der Waals surface area contributed by atoms with E-state index in [2.05, 4.69) is 10.2 Å². The van der Waals surface area contributed by atoms with Crippen LogP contribution in [0.5, 0.6) is 0 Å². The third-order valence-electron chi connectivity index (χ3n) is 3.71. The van der Waals surface area contributed by atoms with E-state index >= 15 is 0 Å². The third kappa shape index (κ3) is 5.51. The Hall–Kier alpha value is -1.06. The van der Waals surface area contributed by atoms with Gasteiger partial charge in [0.2, 0.25) is 5.91 Å². The van der Waals surface area contributed by atoms with Gasteiger partial charge in [-0.05, 0) is 50.0 Å². The topological polar surface area (TPSA) is 32.3 Å². The van der Waals surface area contributed by atoms with E-state index in [-0.39, 0.29) is 5.91 Å². The molecule has 0 atom stereocenters. The highest BCUT2D eigenvalue weighted by Crippen LogP contribution is 2.10. The highest BCUT2D eigenvalue weighted by atomic mass is 35.5. The second kappa shape index (κ2) is 8.28. The van der Waals surface area contributed by atoms with E-state index < -0.39 is 0 Å². The number of hydrogen-bond donors (Lipinski definition) is 1. The smallest absolute Gasteiger partial charge is 0.234 e. The van der Waals surface area contributed by atoms with Gasteiger partial charge in [-0.25, -0.2) is 0 Å². The van der Waals surface area contributed by atoms with Crippen molar-refractivity contribution in [2.75, 3.05) is 26.2 Å². The zero-order chi connectivity index (χ0) is 14.2. The Kier molecular flexibility index (Phi) is 6.34. The van der Waals surface area contributed by atoms with Crippen LogP contribution in [0.25, 0.3) is 0 Å². The second-order valence-corrected chi connectivity index (χ2v) is 5.85. The Balaban J connectivity index is 1.65. The maximum atomic E-state index is 11.9. The maximum Gasteiger partial charge on any atom is 0.234 e. The van der Waals surface area contributed by atoms with Crippen LogP contribution in [0.15, 0.2) is 24.3 Å². The molecular formula is C16H23ClN2O. The largest absolute Gasteiger partial charge is 0.355 e. The number of carbonyl (C=O) groups excluding carboxylic acids is 1. The van der Waals surface area contributed by atoms with Crippen LogP contribution in [0, 0.1) is 0 Å². The van der Waals surface area contributed by atoms with Crippen molar-refractivity contribution in [3.05, 3.63) is 34.9 Å². The summed E-state index contributed by atoms with van der Waals surface area (Å²) in [5, 5.41) is 3.75. The van der Waals surface area contributed by atoms with Crippen molar-refractivity contribution in [2.45, 2.75) is 32.1 Å². The summed E-state index contributed by atoms with van der Waals surface area (Å²) in [4.78, 5) is 14.2. The molecule has 1 aliphatic heterocycles. The number of hydrogen-bond acceptors (Lipinski definition) is 2. The number of nitrogens with zero attached hydrogens (tertiary/aromatic N) is 1. The van der Waals surface area contributed by atoms with Gasteiger partial charge in [-0.2, -0.15) is 0 Å². The average molecular weight is 295 g/mol. The van der Waals surface area contributed by atoms with E-state index in [1.807, 2.05) is 24.3 Å². The number of rotatable bonds is 5. The van der Waals surface area contributed by atoms with Crippen molar-refractivity contribution >= 4 is 17.5 Å². The van der Waals surface area contributed by atoms with Gasteiger partial charge in [-0.3, -0.25) is 9.69 Å². The molecule has 1 aromatic rings. The van der Waals surface area contributed by atoms with Crippen LogP contribution in [0.1, 0.15) is 31.2 Å². The zero-order valence-corrected chi connectivity index (χ0v) is 12.7. The number of benzene rings is 1. The van der Waals surface area contributed by atoms with Crippen LogP contribution >= 0.6 is 11.6 Å². The molecule has 0 unspecified atom stereocenters. The van der Waals surface area contributed by atoms with Gasteiger partial charge in [-0.1, -0.05) is 36.6 Å². The monoisotopic (exact) mass is 294 g/mol. The summed E-state index contributed by atoms with van der Waals surface area (Å²) >= 11 is 5.84. The fourth-order valence-electron chi connectivity index (χ4n) is 2.55. The van der Waals surface area contributed by atoms with Crippen molar-refractivity contribution in [2.24, 2.45) is 0 Å². The normalized spacial score (nSPS) is 16.6. The molecule has 0 aliphatic carbocycles. The lowest BCUT2D eigenvalue weighted by Crippen LogP contribution is -2.38. The Morgan fingerprint density at radius 3 is 2.40 bits per heavy atom. The molecule has 0 aromatic heterocycles. The van der Waals surface area contributed by atoms with Crippen LogP contribution in [0.4, 0.5) is 0 Å². The predicted molar refractivity (Wildman–Crippen MR) is 83.1 cm³/mol. The van der Waals surface area contributed by atoms with Gasteiger partial charge >= 0.3 is 0 Å². The first-order valence-electron chi connectivity index (χ1n) is 7.47. The van der Waals surface area contributed by atoms with E-state index in [0.29, 0.717) is 13.1 Å². The fourth-order valence-corrected chi connectivity index (χ4v) is 2.68. The van der Waals surface area contributed by atoms with Crippen LogP contribution in [0.3, 0.4) is 0 Å². The molecule has 20 heavy (non-hydrogen) atoms. The first kappa shape index (κ1) is 15.3. The molecule has 0 bridgehead atoms. The van der Waals surface area contributed by atoms with Gasteiger partial charge in [0.15, 0.2) is 0 Å². The quantitative estimate of drug-likeness (QED) is 0.906. The van der Waals surface area contributed by atoms with Gasteiger partial charge in [0.25, 0.3) is 0 Å². The molecule has 0 saturated carbocycles. The molecule has 4 heteroatoms. The minimum absolute atomic E-state index is 0.140. The highest BCUT2D eigenvalue weighted by Gasteiger charge is 2.12. The van der Waals surface area contributed by atoms with Gasteiger partial charge in [0, 0.05) is 11.6 Å². The van der Waals surface area contributed by atoms with Gasteiger partial charge in [-0.15, -0.1) is 0 Å². The first-order valence-corrected chi connectivity index (χ1v) is 7.85. The van der Waals surface area contributed by atoms with Crippen molar-refractivity contribution < 1.29 is 4.79 Å². The van der Waals surface area contributed by atoms with E-state index in [1.165, 1.54) is 31.2 Å². The van der Waals surface area contributed by atoms with Crippen LogP contribution in [-0.2, 0) is 11.2 Å². The SMILES string of the molecule is O=C(CN1CCCCCC1)NCCc1ccc(Cl)cc1. The molecule has 1 aromatic carbocycles. The molecule has 1 heterocycles. The highest BCUT2D eigenvalue weighted by molar-refractivity contribution is 6.30. The summed E-state index contributed by atoms with van der Waals surface area (Å²) in [7, 11) is 0. The van der Waals surface area contributed by atoms with Gasteiger partial charge < -0.3 is 5.32 Å². The molecule has 1 N–H and O–H groups in total. The first-order chi connectivity index (χ1) is 9.74. The fraction of sp³-hybridized carbons (Fsp3) is 0.562. The number of halogens is 1.